The maximum atomic E-state index is 14.9. The van der Waals surface area contributed by atoms with Crippen molar-refractivity contribution < 1.29 is 29.4 Å². The molecule has 0 radical (unpaired) electrons. The minimum atomic E-state index is -1.76. The number of nitrogens with zero attached hydrogens (tertiary/aromatic N) is 4. The van der Waals surface area contributed by atoms with Gasteiger partial charge in [-0.1, -0.05) is 64.9 Å². The van der Waals surface area contributed by atoms with E-state index >= 15 is 0 Å². The molecule has 0 aromatic heterocycles. The van der Waals surface area contributed by atoms with Crippen molar-refractivity contribution in [2.24, 2.45) is 0 Å². The highest BCUT2D eigenvalue weighted by Gasteiger charge is 2.93. The van der Waals surface area contributed by atoms with Crippen molar-refractivity contribution in [3.8, 4) is 0 Å². The number of fused-ring (bicyclic) bond motifs is 11. The van der Waals surface area contributed by atoms with Crippen LogP contribution in [-0.2, 0) is 30.0 Å². The first-order valence-electron chi connectivity index (χ1n) is 15.5. The fourth-order valence-corrected chi connectivity index (χ4v) is 17.6. The summed E-state index contributed by atoms with van der Waals surface area (Å²) in [5.41, 5.74) is -0.761. The SMILES string of the molecule is CC[C@@]12SS[C@]3(C(=O)N1C)[C@@H](O)[C@]1([C@@]45c6ccccc6N[C@@H]4N4C(=O)[C@@]6(C)SS[C@]4(C(=O)N6C)[C@H]5O)c4ccccc4N[C@@H]1N3C2=O. The lowest BCUT2D eigenvalue weighted by Crippen LogP contribution is -2.78. The number of para-hydroxylation sites is 2. The molecule has 4 bridgehead atoms. The number of benzene rings is 2. The molecular formula is C31H30N6O6S4. The Bertz CT molecular complexity index is 1920. The molecule has 2 aromatic rings. The topological polar surface area (TPSA) is 146 Å². The second-order valence-electron chi connectivity index (χ2n) is 13.7. The van der Waals surface area contributed by atoms with Crippen LogP contribution in [0.3, 0.4) is 0 Å². The normalized spacial score (nSPS) is 46.3. The number of aliphatic hydroxyl groups excluding tert-OH is 2. The van der Waals surface area contributed by atoms with Crippen molar-refractivity contribution in [1.82, 2.24) is 19.6 Å². The highest BCUT2D eigenvalue weighted by Crippen LogP contribution is 2.78. The Morgan fingerprint density at radius 3 is 1.68 bits per heavy atom. The van der Waals surface area contributed by atoms with Crippen LogP contribution in [0.2, 0.25) is 0 Å². The summed E-state index contributed by atoms with van der Waals surface area (Å²) in [6.07, 6.45) is -4.86. The lowest BCUT2D eigenvalue weighted by molar-refractivity contribution is -0.167. The molecule has 0 aliphatic carbocycles. The van der Waals surface area contributed by atoms with Gasteiger partial charge in [0.05, 0.1) is 10.8 Å². The molecule has 12 nitrogen and oxygen atoms in total. The van der Waals surface area contributed by atoms with Crippen LogP contribution in [-0.4, -0.2) is 112 Å². The summed E-state index contributed by atoms with van der Waals surface area (Å²) in [6.45, 7) is 3.58. The number of aliphatic hydroxyl groups is 2. The molecular weight excluding hydrogens is 681 g/mol. The Morgan fingerprint density at radius 1 is 0.681 bits per heavy atom. The molecule has 10 atom stereocenters. The first-order chi connectivity index (χ1) is 22.4. The first-order valence-corrected chi connectivity index (χ1v) is 19.8. The second kappa shape index (κ2) is 8.33. The van der Waals surface area contributed by atoms with Crippen molar-refractivity contribution in [2.45, 2.75) is 75.1 Å². The maximum Gasteiger partial charge on any atom is 0.264 e. The van der Waals surface area contributed by atoms with E-state index in [-0.39, 0.29) is 11.8 Å². The van der Waals surface area contributed by atoms with Gasteiger partial charge >= 0.3 is 0 Å². The Kier molecular flexibility index (Phi) is 5.17. The monoisotopic (exact) mass is 710 g/mol. The molecule has 47 heavy (non-hydrogen) atoms. The molecule has 244 valence electrons. The van der Waals surface area contributed by atoms with E-state index in [0.717, 1.165) is 0 Å². The number of hydrogen-bond donors (Lipinski definition) is 4. The number of amides is 4. The highest BCUT2D eigenvalue weighted by molar-refractivity contribution is 8.78. The zero-order chi connectivity index (χ0) is 32.8. The van der Waals surface area contributed by atoms with E-state index in [9.17, 15) is 29.4 Å². The molecule has 10 aliphatic heterocycles. The van der Waals surface area contributed by atoms with E-state index < -0.39 is 66.7 Å². The molecule has 4 amide bonds. The molecule has 10 aliphatic rings. The standard InChI is InChI=1S/C31H30N6O6S4/c1-5-27-23(41)37-21-29(15-11-7-9-13-17(15)33-21,19(39)31(37,47-45-27)25(43)35(27)4)28-14-10-6-8-12-16(14)32-20(28)36-22(40)26(2)34(3)24(42)30(36,18(28)38)46-44-26/h6-13,18-21,32-33,38-39H,5H2,1-4H3/t18-,19-,20+,21+,26+,27-,28+,29+,30-,31-/m0/s1. The Hall–Kier alpha value is -2.76. The van der Waals surface area contributed by atoms with Gasteiger partial charge in [0.2, 0.25) is 9.74 Å². The van der Waals surface area contributed by atoms with Crippen molar-refractivity contribution in [2.75, 3.05) is 24.7 Å². The average molecular weight is 711 g/mol. The van der Waals surface area contributed by atoms with Crippen LogP contribution in [0.4, 0.5) is 11.4 Å². The predicted molar refractivity (Wildman–Crippen MR) is 180 cm³/mol. The van der Waals surface area contributed by atoms with Gasteiger partial charge in [-0.2, -0.15) is 0 Å². The summed E-state index contributed by atoms with van der Waals surface area (Å²) in [5.74, 6) is -1.46. The molecule has 0 saturated carbocycles. The van der Waals surface area contributed by atoms with E-state index in [1.165, 1.54) is 62.8 Å². The van der Waals surface area contributed by atoms with E-state index in [0.29, 0.717) is 28.9 Å². The molecule has 0 unspecified atom stereocenters. The second-order valence-corrected chi connectivity index (χ2v) is 19.0. The number of likely N-dealkylation sites (N-methyl/N-ethyl adjacent to an activating group) is 2. The van der Waals surface area contributed by atoms with Gasteiger partial charge in [-0.05, 0) is 58.2 Å². The van der Waals surface area contributed by atoms with E-state index in [1.54, 1.807) is 21.0 Å². The average Bonchev–Trinajstić information content (AvgIpc) is 3.72. The molecule has 8 saturated heterocycles. The van der Waals surface area contributed by atoms with Crippen LogP contribution in [0.15, 0.2) is 48.5 Å². The third kappa shape index (κ3) is 2.45. The number of rotatable bonds is 2. The number of anilines is 2. The van der Waals surface area contributed by atoms with Crippen molar-refractivity contribution >= 4 is 78.2 Å². The molecule has 12 rings (SSSR count). The third-order valence-corrected chi connectivity index (χ3v) is 19.9. The third-order valence-electron chi connectivity index (χ3n) is 12.4. The largest absolute Gasteiger partial charge is 0.388 e. The molecule has 16 heteroatoms. The van der Waals surface area contributed by atoms with Gasteiger partial charge in [0, 0.05) is 25.5 Å². The van der Waals surface area contributed by atoms with Gasteiger partial charge in [-0.15, -0.1) is 0 Å². The summed E-state index contributed by atoms with van der Waals surface area (Å²) in [7, 11) is 8.09. The quantitative estimate of drug-likeness (QED) is 0.337. The Balaban J connectivity index is 1.35. The zero-order valence-corrected chi connectivity index (χ0v) is 28.9. The summed E-state index contributed by atoms with van der Waals surface area (Å²) in [6, 6.07) is 14.8. The fraction of sp³-hybridized carbons (Fsp3) is 0.484. The smallest absolute Gasteiger partial charge is 0.264 e. The van der Waals surface area contributed by atoms with Crippen molar-refractivity contribution in [3.05, 3.63) is 59.7 Å². The maximum absolute atomic E-state index is 14.9. The lowest BCUT2D eigenvalue weighted by Gasteiger charge is -2.58. The first kappa shape index (κ1) is 29.2. The lowest BCUT2D eigenvalue weighted by atomic mass is 9.52. The minimum Gasteiger partial charge on any atom is -0.388 e. The van der Waals surface area contributed by atoms with Gasteiger partial charge in [0.25, 0.3) is 23.6 Å². The van der Waals surface area contributed by atoms with Gasteiger partial charge in [-0.25, -0.2) is 0 Å². The fourth-order valence-electron chi connectivity index (χ4n) is 10.2. The van der Waals surface area contributed by atoms with Gasteiger partial charge in [0.1, 0.15) is 24.5 Å². The molecule has 10 heterocycles. The minimum absolute atomic E-state index is 0.307. The Morgan fingerprint density at radius 2 is 1.15 bits per heavy atom. The van der Waals surface area contributed by atoms with Gasteiger partial charge in [0.15, 0.2) is 9.74 Å². The van der Waals surface area contributed by atoms with E-state index in [2.05, 4.69) is 10.6 Å². The number of carbonyl (C=O) groups is 4. The molecule has 2 spiro atoms. The van der Waals surface area contributed by atoms with E-state index in [4.69, 9.17) is 0 Å². The van der Waals surface area contributed by atoms with Crippen molar-refractivity contribution in [3.63, 3.8) is 0 Å². The van der Waals surface area contributed by atoms with Crippen LogP contribution >= 0.6 is 43.2 Å². The van der Waals surface area contributed by atoms with Crippen LogP contribution in [0, 0.1) is 0 Å². The molecule has 4 N–H and O–H groups in total. The number of nitrogens with one attached hydrogen (secondary N) is 2. The summed E-state index contributed by atoms with van der Waals surface area (Å²) < 4.78 is 0. The van der Waals surface area contributed by atoms with Crippen molar-refractivity contribution in [1.29, 1.82) is 0 Å². The van der Waals surface area contributed by atoms with Crippen LogP contribution in [0.5, 0.6) is 0 Å². The molecule has 8 fully saturated rings. The Labute approximate surface area is 285 Å². The van der Waals surface area contributed by atoms with E-state index in [1.807, 2.05) is 55.5 Å². The van der Waals surface area contributed by atoms with Crippen LogP contribution in [0.25, 0.3) is 0 Å². The summed E-state index contributed by atoms with van der Waals surface area (Å²) in [4.78, 5) is 58.8. The molecule has 2 aromatic carbocycles. The summed E-state index contributed by atoms with van der Waals surface area (Å²) >= 11 is 0. The van der Waals surface area contributed by atoms with Gasteiger partial charge < -0.3 is 30.6 Å². The van der Waals surface area contributed by atoms with Gasteiger partial charge in [-0.3, -0.25) is 29.0 Å². The van der Waals surface area contributed by atoms with Crippen LogP contribution < -0.4 is 10.6 Å². The highest BCUT2D eigenvalue weighted by atomic mass is 33.1. The summed E-state index contributed by atoms with van der Waals surface area (Å²) in [5, 5.41) is 33.8. The predicted octanol–water partition coefficient (Wildman–Crippen LogP) is 1.72. The number of carbonyl (C=O) groups excluding carboxylic acids is 4. The van der Waals surface area contributed by atoms with Crippen LogP contribution in [0.1, 0.15) is 31.4 Å². The number of hydrogen-bond acceptors (Lipinski definition) is 12. The number of piperazine rings is 2. The zero-order valence-electron chi connectivity index (χ0n) is 25.6.